The Hall–Kier alpha value is -2.80. The lowest BCUT2D eigenvalue weighted by Crippen LogP contribution is -2.15. The molecule has 3 aromatic rings. The molecule has 0 saturated heterocycles. The molecule has 1 aromatic heterocycles. The number of carbonyl (C=O) groups excluding carboxylic acids is 1. The number of anilines is 1. The van der Waals surface area contributed by atoms with Crippen LogP contribution in [-0.2, 0) is 11.8 Å². The molecule has 7 heteroatoms. The van der Waals surface area contributed by atoms with E-state index in [1.165, 1.54) is 24.6 Å². The summed E-state index contributed by atoms with van der Waals surface area (Å²) in [6, 6.07) is 14.0. The molecular weight excluding hydrogens is 408 g/mol. The van der Waals surface area contributed by atoms with E-state index in [4.69, 9.17) is 4.74 Å². The number of nitrogens with zero attached hydrogens (tertiary/aromatic N) is 3. The highest BCUT2D eigenvalue weighted by atomic mass is 32.2. The third kappa shape index (κ3) is 5.28. The van der Waals surface area contributed by atoms with Crippen LogP contribution in [0.2, 0.25) is 0 Å². The van der Waals surface area contributed by atoms with Gasteiger partial charge < -0.3 is 14.6 Å². The quantitative estimate of drug-likeness (QED) is 0.519. The van der Waals surface area contributed by atoms with Gasteiger partial charge in [0.2, 0.25) is 5.91 Å². The second-order valence-corrected chi connectivity index (χ2v) is 9.01. The van der Waals surface area contributed by atoms with Gasteiger partial charge in [-0.05, 0) is 81.0 Å². The van der Waals surface area contributed by atoms with E-state index < -0.39 is 0 Å². The van der Waals surface area contributed by atoms with E-state index in [1.807, 2.05) is 67.9 Å². The summed E-state index contributed by atoms with van der Waals surface area (Å²) >= 11 is 1.38. The summed E-state index contributed by atoms with van der Waals surface area (Å²) in [7, 11) is 1.92. The fraction of sp³-hybridized carbons (Fsp3) is 0.375. The van der Waals surface area contributed by atoms with Gasteiger partial charge in [-0.1, -0.05) is 23.9 Å². The first kappa shape index (κ1) is 21.4. The maximum Gasteiger partial charge on any atom is 0.234 e. The van der Waals surface area contributed by atoms with Crippen molar-refractivity contribution in [3.8, 4) is 17.1 Å². The molecular formula is C24H28N4O2S. The van der Waals surface area contributed by atoms with Gasteiger partial charge >= 0.3 is 0 Å². The number of aromatic nitrogens is 3. The van der Waals surface area contributed by atoms with E-state index in [-0.39, 0.29) is 11.7 Å². The van der Waals surface area contributed by atoms with Crippen molar-refractivity contribution in [3.63, 3.8) is 0 Å². The minimum Gasteiger partial charge on any atom is -0.490 e. The minimum absolute atomic E-state index is 0.0586. The molecule has 31 heavy (non-hydrogen) atoms. The Bertz CT molecular complexity index is 1060. The molecule has 2 aromatic carbocycles. The van der Waals surface area contributed by atoms with Crippen molar-refractivity contribution in [2.45, 2.75) is 50.8 Å². The number of amides is 1. The van der Waals surface area contributed by atoms with Crippen LogP contribution in [-0.4, -0.2) is 32.5 Å². The number of hydrogen-bond donors (Lipinski definition) is 1. The lowest BCUT2D eigenvalue weighted by atomic mass is 10.1. The minimum atomic E-state index is -0.0586. The highest BCUT2D eigenvalue weighted by Gasteiger charge is 2.17. The Kier molecular flexibility index (Phi) is 6.61. The van der Waals surface area contributed by atoms with Crippen LogP contribution in [0.4, 0.5) is 5.69 Å². The van der Waals surface area contributed by atoms with Gasteiger partial charge in [-0.15, -0.1) is 10.2 Å². The van der Waals surface area contributed by atoms with Crippen LogP contribution in [0.15, 0.2) is 47.6 Å². The van der Waals surface area contributed by atoms with Gasteiger partial charge in [0.05, 0.1) is 11.9 Å². The number of nitrogens with one attached hydrogen (secondary N) is 1. The molecule has 1 fully saturated rings. The van der Waals surface area contributed by atoms with Crippen LogP contribution in [0.1, 0.15) is 36.8 Å². The van der Waals surface area contributed by atoms with Crippen LogP contribution in [0.25, 0.3) is 11.4 Å². The fourth-order valence-electron chi connectivity index (χ4n) is 3.76. The smallest absolute Gasteiger partial charge is 0.234 e. The second kappa shape index (κ2) is 9.56. The number of thioether (sulfide) groups is 1. The molecule has 0 bridgehead atoms. The van der Waals surface area contributed by atoms with Gasteiger partial charge in [-0.25, -0.2) is 0 Å². The third-order valence-electron chi connectivity index (χ3n) is 5.55. The van der Waals surface area contributed by atoms with Crippen LogP contribution in [0.3, 0.4) is 0 Å². The van der Waals surface area contributed by atoms with Crippen LogP contribution in [0, 0.1) is 13.8 Å². The summed E-state index contributed by atoms with van der Waals surface area (Å²) < 4.78 is 7.96. The Morgan fingerprint density at radius 1 is 1.13 bits per heavy atom. The number of benzene rings is 2. The second-order valence-electron chi connectivity index (χ2n) is 8.07. The molecule has 1 N–H and O–H groups in total. The first-order chi connectivity index (χ1) is 15.0. The Morgan fingerprint density at radius 2 is 1.87 bits per heavy atom. The lowest BCUT2D eigenvalue weighted by Gasteiger charge is -2.13. The lowest BCUT2D eigenvalue weighted by molar-refractivity contribution is -0.113. The van der Waals surface area contributed by atoms with E-state index >= 15 is 0 Å². The van der Waals surface area contributed by atoms with Crippen molar-refractivity contribution in [2.24, 2.45) is 7.05 Å². The highest BCUT2D eigenvalue weighted by Crippen LogP contribution is 2.27. The fourth-order valence-corrected chi connectivity index (χ4v) is 4.47. The van der Waals surface area contributed by atoms with E-state index in [9.17, 15) is 4.79 Å². The summed E-state index contributed by atoms with van der Waals surface area (Å²) in [6.07, 6.45) is 5.14. The predicted octanol–water partition coefficient (Wildman–Crippen LogP) is 5.15. The molecule has 4 rings (SSSR count). The molecule has 1 aliphatic carbocycles. The molecule has 1 saturated carbocycles. The van der Waals surface area contributed by atoms with Gasteiger partial charge in [-0.2, -0.15) is 0 Å². The summed E-state index contributed by atoms with van der Waals surface area (Å²) in [5, 5.41) is 12.3. The molecule has 6 nitrogen and oxygen atoms in total. The molecule has 1 amide bonds. The van der Waals surface area contributed by atoms with Crippen molar-refractivity contribution in [1.29, 1.82) is 0 Å². The molecule has 1 aliphatic rings. The van der Waals surface area contributed by atoms with Crippen LogP contribution in [0.5, 0.6) is 5.75 Å². The zero-order valence-electron chi connectivity index (χ0n) is 18.2. The van der Waals surface area contributed by atoms with Crippen molar-refractivity contribution >= 4 is 23.4 Å². The van der Waals surface area contributed by atoms with Crippen molar-refractivity contribution in [1.82, 2.24) is 14.8 Å². The van der Waals surface area contributed by atoms with E-state index in [1.54, 1.807) is 0 Å². The van der Waals surface area contributed by atoms with Crippen molar-refractivity contribution in [2.75, 3.05) is 11.1 Å². The molecule has 0 unspecified atom stereocenters. The highest BCUT2D eigenvalue weighted by molar-refractivity contribution is 7.99. The maximum absolute atomic E-state index is 12.4. The standard InChI is InChI=1S/C24H28N4O2S/c1-16-8-9-17(2)21(14-16)25-22(29)15-31-24-27-26-23(28(24)3)18-10-12-20(13-11-18)30-19-6-4-5-7-19/h8-14,19H,4-7,15H2,1-3H3,(H,25,29). The SMILES string of the molecule is Cc1ccc(C)c(NC(=O)CSc2nnc(-c3ccc(OC4CCCC4)cc3)n2C)c1. The van der Waals surface area contributed by atoms with Gasteiger partial charge in [-0.3, -0.25) is 4.79 Å². The largest absolute Gasteiger partial charge is 0.490 e. The summed E-state index contributed by atoms with van der Waals surface area (Å²) in [6.45, 7) is 4.00. The zero-order chi connectivity index (χ0) is 21.8. The van der Waals surface area contributed by atoms with Gasteiger partial charge in [0, 0.05) is 18.3 Å². The predicted molar refractivity (Wildman–Crippen MR) is 125 cm³/mol. The number of hydrogen-bond acceptors (Lipinski definition) is 5. The number of ether oxygens (including phenoxy) is 1. The molecule has 0 aliphatic heterocycles. The molecule has 0 spiro atoms. The molecule has 1 heterocycles. The monoisotopic (exact) mass is 436 g/mol. The first-order valence-corrected chi connectivity index (χ1v) is 11.6. The van der Waals surface area contributed by atoms with E-state index in [2.05, 4.69) is 15.5 Å². The van der Waals surface area contributed by atoms with Crippen LogP contribution < -0.4 is 10.1 Å². The van der Waals surface area contributed by atoms with E-state index in [0.29, 0.717) is 11.3 Å². The van der Waals surface area contributed by atoms with Crippen molar-refractivity contribution < 1.29 is 9.53 Å². The normalized spacial score (nSPS) is 14.0. The summed E-state index contributed by atoms with van der Waals surface area (Å²) in [5.41, 5.74) is 3.99. The Labute approximate surface area is 187 Å². The van der Waals surface area contributed by atoms with Gasteiger partial charge in [0.1, 0.15) is 5.75 Å². The van der Waals surface area contributed by atoms with Crippen molar-refractivity contribution in [3.05, 3.63) is 53.6 Å². The topological polar surface area (TPSA) is 69.0 Å². The number of carbonyl (C=O) groups is 1. The average Bonchev–Trinajstić information content (AvgIpc) is 3.40. The Balaban J connectivity index is 1.36. The third-order valence-corrected chi connectivity index (χ3v) is 6.57. The van der Waals surface area contributed by atoms with Gasteiger partial charge in [0.25, 0.3) is 0 Å². The van der Waals surface area contributed by atoms with Crippen LogP contribution >= 0.6 is 11.8 Å². The number of rotatable bonds is 7. The summed E-state index contributed by atoms with van der Waals surface area (Å²) in [4.78, 5) is 12.4. The first-order valence-electron chi connectivity index (χ1n) is 10.7. The Morgan fingerprint density at radius 3 is 2.61 bits per heavy atom. The maximum atomic E-state index is 12.4. The van der Waals surface area contributed by atoms with E-state index in [0.717, 1.165) is 46.8 Å². The number of aryl methyl sites for hydroxylation is 2. The molecule has 162 valence electrons. The van der Waals surface area contributed by atoms with Gasteiger partial charge in [0.15, 0.2) is 11.0 Å². The average molecular weight is 437 g/mol. The summed E-state index contributed by atoms with van der Waals surface area (Å²) in [5.74, 6) is 1.88. The molecule has 0 atom stereocenters. The molecule has 0 radical (unpaired) electrons. The zero-order valence-corrected chi connectivity index (χ0v) is 19.0.